The molecule has 1 aromatic carbocycles. The molecule has 0 amide bonds. The Morgan fingerprint density at radius 2 is 1.78 bits per heavy atom. The number of aromatic amines is 1. The van der Waals surface area contributed by atoms with Gasteiger partial charge in [-0.15, -0.1) is 0 Å². The molecule has 2 aromatic rings. The maximum atomic E-state index is 14.2. The van der Waals surface area contributed by atoms with Gasteiger partial charge in [0.05, 0.1) is 17.8 Å². The minimum absolute atomic E-state index is 0.135. The zero-order chi connectivity index (χ0) is 27.3. The monoisotopic (exact) mass is 495 g/mol. The number of aliphatic imine (C=N–C) groups is 2. The van der Waals surface area contributed by atoms with E-state index in [0.717, 1.165) is 22.7 Å². The fraction of sp³-hybridized carbons (Fsp3) is 0.333. The van der Waals surface area contributed by atoms with Crippen LogP contribution in [0.2, 0.25) is 0 Å². The number of H-pyrrole nitrogens is 1. The molecule has 0 atom stereocenters. The summed E-state index contributed by atoms with van der Waals surface area (Å²) in [5.41, 5.74) is 4.89. The highest BCUT2D eigenvalue weighted by molar-refractivity contribution is 6.07. The normalized spacial score (nSPS) is 13.9. The zero-order valence-electron chi connectivity index (χ0n) is 22.2. The SMILES string of the molecule is C/C=C\C(C#N)=NC.CC.CC.CC1=CC2=C(CN1)NC(c1c(F)cccc1F)=Nc1c2n[nH]c1C. The van der Waals surface area contributed by atoms with E-state index in [1.54, 1.807) is 19.2 Å². The molecule has 1 aromatic heterocycles. The fourth-order valence-electron chi connectivity index (χ4n) is 3.19. The maximum absolute atomic E-state index is 14.2. The number of amidine groups is 1. The largest absolute Gasteiger partial charge is 0.383 e. The molecule has 4 rings (SSSR count). The van der Waals surface area contributed by atoms with Crippen LogP contribution in [-0.4, -0.2) is 35.3 Å². The Bertz CT molecular complexity index is 1200. The molecular formula is C27H35F2N7. The molecule has 36 heavy (non-hydrogen) atoms. The van der Waals surface area contributed by atoms with Crippen LogP contribution in [0.15, 0.2) is 57.8 Å². The lowest BCUT2D eigenvalue weighted by Gasteiger charge is -2.20. The smallest absolute Gasteiger partial charge is 0.144 e. The first-order valence-electron chi connectivity index (χ1n) is 11.9. The molecular weight excluding hydrogens is 460 g/mol. The van der Waals surface area contributed by atoms with Gasteiger partial charge in [-0.25, -0.2) is 13.8 Å². The maximum Gasteiger partial charge on any atom is 0.144 e. The molecule has 2 aliphatic heterocycles. The second-order valence-electron chi connectivity index (χ2n) is 7.02. The predicted octanol–water partition coefficient (Wildman–Crippen LogP) is 6.11. The van der Waals surface area contributed by atoms with Gasteiger partial charge < -0.3 is 10.6 Å². The summed E-state index contributed by atoms with van der Waals surface area (Å²) in [5.74, 6) is -1.19. The van der Waals surface area contributed by atoms with Gasteiger partial charge in [0.15, 0.2) is 0 Å². The highest BCUT2D eigenvalue weighted by atomic mass is 19.1. The van der Waals surface area contributed by atoms with Crippen molar-refractivity contribution in [3.63, 3.8) is 0 Å². The van der Waals surface area contributed by atoms with Crippen LogP contribution in [0.4, 0.5) is 14.5 Å². The van der Waals surface area contributed by atoms with Crippen LogP contribution in [0.3, 0.4) is 0 Å². The van der Waals surface area contributed by atoms with Crippen molar-refractivity contribution in [3.05, 3.63) is 76.4 Å². The number of nitrogens with zero attached hydrogens (tertiary/aromatic N) is 4. The van der Waals surface area contributed by atoms with E-state index in [-0.39, 0.29) is 11.4 Å². The molecule has 3 heterocycles. The van der Waals surface area contributed by atoms with E-state index in [2.05, 4.69) is 30.8 Å². The van der Waals surface area contributed by atoms with Gasteiger partial charge in [-0.2, -0.15) is 10.4 Å². The Hall–Kier alpha value is -4.06. The minimum atomic E-state index is -0.663. The number of aryl methyl sites for hydroxylation is 1. The standard InChI is InChI=1S/C17H15F2N5.C6H8N2.2C2H6/c1-8-6-10-13(7-20-8)21-17(14-11(18)4-3-5-12(14)19)22-15-9(2)23-24-16(10)15;1-3-4-6(5-7)8-2;2*1-2/h3-6,20H,7H2,1-2H3,(H,21,22)(H,23,24);3-4H,1-2H3;2*1-2H3/b;4-3-,8-6?;;. The van der Waals surface area contributed by atoms with Crippen molar-refractivity contribution in [1.82, 2.24) is 20.8 Å². The summed E-state index contributed by atoms with van der Waals surface area (Å²) in [4.78, 5) is 8.14. The Labute approximate surface area is 212 Å². The van der Waals surface area contributed by atoms with E-state index < -0.39 is 11.6 Å². The third kappa shape index (κ3) is 7.22. The molecule has 192 valence electrons. The highest BCUT2D eigenvalue weighted by Crippen LogP contribution is 2.34. The van der Waals surface area contributed by atoms with E-state index in [9.17, 15) is 8.78 Å². The molecule has 7 nitrogen and oxygen atoms in total. The second kappa shape index (κ2) is 15.0. The van der Waals surface area contributed by atoms with Crippen LogP contribution < -0.4 is 10.6 Å². The summed E-state index contributed by atoms with van der Waals surface area (Å²) in [6.07, 6.45) is 5.40. The summed E-state index contributed by atoms with van der Waals surface area (Å²) < 4.78 is 28.5. The van der Waals surface area contributed by atoms with E-state index in [0.29, 0.717) is 23.6 Å². The van der Waals surface area contributed by atoms with Gasteiger partial charge >= 0.3 is 0 Å². The number of hydrogen-bond donors (Lipinski definition) is 3. The van der Waals surface area contributed by atoms with E-state index in [4.69, 9.17) is 5.26 Å². The number of dihydropyridines is 1. The molecule has 3 N–H and O–H groups in total. The second-order valence-corrected chi connectivity index (χ2v) is 7.02. The Morgan fingerprint density at radius 3 is 2.31 bits per heavy atom. The number of aromatic nitrogens is 2. The zero-order valence-corrected chi connectivity index (χ0v) is 22.2. The fourth-order valence-corrected chi connectivity index (χ4v) is 3.19. The number of benzene rings is 1. The van der Waals surface area contributed by atoms with Gasteiger partial charge in [-0.3, -0.25) is 10.1 Å². The summed E-state index contributed by atoms with van der Waals surface area (Å²) in [7, 11) is 1.60. The van der Waals surface area contributed by atoms with Crippen LogP contribution >= 0.6 is 0 Å². The molecule has 0 fully saturated rings. The number of allylic oxidation sites excluding steroid dienone is 5. The van der Waals surface area contributed by atoms with E-state index in [1.807, 2.05) is 60.6 Å². The number of nitrogens with one attached hydrogen (secondary N) is 3. The highest BCUT2D eigenvalue weighted by Gasteiger charge is 2.26. The molecule has 2 aliphatic rings. The van der Waals surface area contributed by atoms with Crippen LogP contribution in [0.25, 0.3) is 5.57 Å². The van der Waals surface area contributed by atoms with Crippen LogP contribution in [0.1, 0.15) is 58.5 Å². The van der Waals surface area contributed by atoms with Crippen molar-refractivity contribution in [3.8, 4) is 6.07 Å². The van der Waals surface area contributed by atoms with Crippen molar-refractivity contribution in [2.45, 2.75) is 48.5 Å². The first-order chi connectivity index (χ1) is 17.4. The van der Waals surface area contributed by atoms with Crippen molar-refractivity contribution in [2.24, 2.45) is 9.98 Å². The lowest BCUT2D eigenvalue weighted by molar-refractivity contribution is 0.577. The lowest BCUT2D eigenvalue weighted by Crippen LogP contribution is -2.33. The van der Waals surface area contributed by atoms with E-state index in [1.165, 1.54) is 18.2 Å². The van der Waals surface area contributed by atoms with Gasteiger partial charge in [-0.05, 0) is 45.1 Å². The van der Waals surface area contributed by atoms with Crippen LogP contribution in [-0.2, 0) is 0 Å². The molecule has 0 unspecified atom stereocenters. The molecule has 0 aliphatic carbocycles. The van der Waals surface area contributed by atoms with Gasteiger partial charge in [0.25, 0.3) is 0 Å². The molecule has 9 heteroatoms. The van der Waals surface area contributed by atoms with Gasteiger partial charge in [0, 0.05) is 24.0 Å². The quantitative estimate of drug-likeness (QED) is 0.438. The van der Waals surface area contributed by atoms with Crippen molar-refractivity contribution in [2.75, 3.05) is 13.6 Å². The topological polar surface area (TPSA) is 101 Å². The number of nitriles is 1. The summed E-state index contributed by atoms with van der Waals surface area (Å²) in [6, 6.07) is 5.68. The third-order valence-corrected chi connectivity index (χ3v) is 4.77. The number of hydrogen-bond acceptors (Lipinski definition) is 6. The van der Waals surface area contributed by atoms with Gasteiger partial charge in [0.2, 0.25) is 0 Å². The minimum Gasteiger partial charge on any atom is -0.383 e. The van der Waals surface area contributed by atoms with Crippen LogP contribution in [0, 0.1) is 29.9 Å². The molecule has 0 saturated carbocycles. The Morgan fingerprint density at radius 1 is 1.14 bits per heavy atom. The number of fused-ring (bicyclic) bond motifs is 2. The summed E-state index contributed by atoms with van der Waals surface area (Å²) in [6.45, 7) is 14.1. The van der Waals surface area contributed by atoms with Gasteiger partial charge in [0.1, 0.15) is 40.6 Å². The van der Waals surface area contributed by atoms with Gasteiger partial charge in [-0.1, -0.05) is 39.8 Å². The van der Waals surface area contributed by atoms with Crippen molar-refractivity contribution < 1.29 is 8.78 Å². The molecule has 0 bridgehead atoms. The first-order valence-corrected chi connectivity index (χ1v) is 11.9. The average molecular weight is 496 g/mol. The average Bonchev–Trinajstić information content (AvgIpc) is 3.17. The lowest BCUT2D eigenvalue weighted by atomic mass is 10.0. The Kier molecular flexibility index (Phi) is 12.5. The molecule has 0 radical (unpaired) electrons. The van der Waals surface area contributed by atoms with Crippen molar-refractivity contribution in [1.29, 1.82) is 5.26 Å². The summed E-state index contributed by atoms with van der Waals surface area (Å²) >= 11 is 0. The number of rotatable bonds is 2. The Balaban J connectivity index is 0.000000461. The molecule has 0 spiro atoms. The van der Waals surface area contributed by atoms with E-state index >= 15 is 0 Å². The molecule has 0 saturated heterocycles. The van der Waals surface area contributed by atoms with Crippen LogP contribution in [0.5, 0.6) is 0 Å². The predicted molar refractivity (Wildman–Crippen MR) is 144 cm³/mol. The summed E-state index contributed by atoms with van der Waals surface area (Å²) in [5, 5.41) is 21.7. The third-order valence-electron chi connectivity index (χ3n) is 4.77. The first kappa shape index (κ1) is 30.0. The number of halogens is 2. The van der Waals surface area contributed by atoms with Crippen molar-refractivity contribution >= 4 is 22.8 Å².